The summed E-state index contributed by atoms with van der Waals surface area (Å²) in [4.78, 5) is 6.89. The van der Waals surface area contributed by atoms with E-state index in [9.17, 15) is 0 Å². The van der Waals surface area contributed by atoms with Crippen molar-refractivity contribution in [3.8, 4) is 0 Å². The summed E-state index contributed by atoms with van der Waals surface area (Å²) in [6, 6.07) is 27.2. The highest BCUT2D eigenvalue weighted by atomic mass is 15.2. The van der Waals surface area contributed by atoms with E-state index in [1.54, 1.807) is 0 Å². The van der Waals surface area contributed by atoms with Crippen LogP contribution in [-0.4, -0.2) is 4.98 Å². The van der Waals surface area contributed by atoms with Crippen LogP contribution >= 0.6 is 0 Å². The van der Waals surface area contributed by atoms with E-state index in [2.05, 4.69) is 72.3 Å². The molecule has 1 heterocycles. The Hall–Kier alpha value is -2.81. The van der Waals surface area contributed by atoms with Crippen LogP contribution in [0.2, 0.25) is 0 Å². The lowest BCUT2D eigenvalue weighted by molar-refractivity contribution is 0.579. The molecule has 0 radical (unpaired) electrons. The predicted molar refractivity (Wildman–Crippen MR) is 101 cm³/mol. The first-order valence-corrected chi connectivity index (χ1v) is 8.27. The smallest absolute Gasteiger partial charge is 0.131 e. The van der Waals surface area contributed by atoms with Crippen LogP contribution in [0.5, 0.6) is 0 Å². The normalized spacial score (nSPS) is 13.2. The van der Waals surface area contributed by atoms with E-state index in [-0.39, 0.29) is 12.1 Å². The maximum atomic E-state index is 5.94. The third kappa shape index (κ3) is 3.40. The van der Waals surface area contributed by atoms with Gasteiger partial charge in [0.25, 0.3) is 0 Å². The molecule has 3 rings (SSSR count). The second-order valence-corrected chi connectivity index (χ2v) is 6.00. The van der Waals surface area contributed by atoms with Gasteiger partial charge in [0.1, 0.15) is 11.6 Å². The molecule has 1 aromatic heterocycles. The number of nitrogens with two attached hydrogens (primary N) is 1. The molecule has 24 heavy (non-hydrogen) atoms. The summed E-state index contributed by atoms with van der Waals surface area (Å²) in [5.41, 5.74) is 8.44. The lowest BCUT2D eigenvalue weighted by atomic mass is 10.0. The summed E-state index contributed by atoms with van der Waals surface area (Å²) in [5.74, 6) is 1.43. The molecule has 0 fully saturated rings. The second-order valence-electron chi connectivity index (χ2n) is 6.00. The summed E-state index contributed by atoms with van der Waals surface area (Å²) in [6.45, 7) is 4.42. The fourth-order valence-corrected chi connectivity index (χ4v) is 3.10. The van der Waals surface area contributed by atoms with Crippen molar-refractivity contribution >= 4 is 11.6 Å². The number of hydrogen-bond donors (Lipinski definition) is 1. The Kier molecular flexibility index (Phi) is 4.80. The second kappa shape index (κ2) is 7.18. The van der Waals surface area contributed by atoms with Gasteiger partial charge in [0.2, 0.25) is 0 Å². The van der Waals surface area contributed by atoms with Crippen molar-refractivity contribution < 1.29 is 0 Å². The van der Waals surface area contributed by atoms with Gasteiger partial charge < -0.3 is 10.6 Å². The van der Waals surface area contributed by atoms with Crippen molar-refractivity contribution in [2.75, 3.05) is 10.6 Å². The largest absolute Gasteiger partial charge is 0.384 e. The van der Waals surface area contributed by atoms with E-state index in [1.165, 1.54) is 11.1 Å². The third-order valence-electron chi connectivity index (χ3n) is 4.42. The van der Waals surface area contributed by atoms with Gasteiger partial charge in [-0.1, -0.05) is 66.7 Å². The molecule has 0 bridgehead atoms. The Labute approximate surface area is 143 Å². The van der Waals surface area contributed by atoms with Crippen molar-refractivity contribution in [3.05, 3.63) is 90.0 Å². The molecule has 2 aromatic carbocycles. The van der Waals surface area contributed by atoms with Gasteiger partial charge in [0.15, 0.2) is 0 Å². The topological polar surface area (TPSA) is 42.1 Å². The Bertz CT molecular complexity index is 726. The number of nitrogens with zero attached hydrogens (tertiary/aromatic N) is 2. The number of benzene rings is 2. The minimum absolute atomic E-state index is 0.177. The predicted octanol–water partition coefficient (Wildman–Crippen LogP) is 4.99. The Morgan fingerprint density at radius 3 is 1.67 bits per heavy atom. The van der Waals surface area contributed by atoms with E-state index < -0.39 is 0 Å². The van der Waals surface area contributed by atoms with E-state index in [0.29, 0.717) is 5.82 Å². The van der Waals surface area contributed by atoms with Gasteiger partial charge in [-0.25, -0.2) is 4.98 Å². The minimum atomic E-state index is 0.177. The molecule has 122 valence electrons. The van der Waals surface area contributed by atoms with Crippen molar-refractivity contribution in [2.45, 2.75) is 25.9 Å². The Morgan fingerprint density at radius 1 is 0.708 bits per heavy atom. The van der Waals surface area contributed by atoms with Gasteiger partial charge in [0, 0.05) is 0 Å². The highest BCUT2D eigenvalue weighted by Crippen LogP contribution is 2.34. The molecule has 0 spiro atoms. The molecule has 0 amide bonds. The number of aromatic nitrogens is 1. The SMILES string of the molecule is C[C@H](c1ccccc1)N(c1cccc(N)n1)[C@H](C)c1ccccc1. The first-order chi connectivity index (χ1) is 11.7. The summed E-state index contributed by atoms with van der Waals surface area (Å²) in [7, 11) is 0. The van der Waals surface area contributed by atoms with Crippen molar-refractivity contribution in [1.82, 2.24) is 4.98 Å². The van der Waals surface area contributed by atoms with E-state index in [4.69, 9.17) is 5.73 Å². The van der Waals surface area contributed by atoms with Crippen molar-refractivity contribution in [2.24, 2.45) is 0 Å². The lowest BCUT2D eigenvalue weighted by Gasteiger charge is -2.36. The van der Waals surface area contributed by atoms with Gasteiger partial charge in [-0.15, -0.1) is 0 Å². The van der Waals surface area contributed by atoms with Crippen LogP contribution in [-0.2, 0) is 0 Å². The fourth-order valence-electron chi connectivity index (χ4n) is 3.10. The van der Waals surface area contributed by atoms with Gasteiger partial charge in [-0.2, -0.15) is 0 Å². The van der Waals surface area contributed by atoms with Crippen LogP contribution in [0.3, 0.4) is 0 Å². The molecular weight excluding hydrogens is 294 g/mol. The Balaban J connectivity index is 2.04. The average molecular weight is 317 g/mol. The maximum Gasteiger partial charge on any atom is 0.131 e. The summed E-state index contributed by atoms with van der Waals surface area (Å²) < 4.78 is 0. The standard InChI is InChI=1S/C21H23N3/c1-16(18-10-5-3-6-11-18)24(21-15-9-14-20(22)23-21)17(2)19-12-7-4-8-13-19/h3-17H,1-2H3,(H2,22,23)/t16-,17-/m1/s1. The zero-order chi connectivity index (χ0) is 16.9. The Morgan fingerprint density at radius 2 is 1.21 bits per heavy atom. The molecule has 3 heteroatoms. The van der Waals surface area contributed by atoms with Gasteiger partial charge in [-0.05, 0) is 37.1 Å². The van der Waals surface area contributed by atoms with Crippen LogP contribution in [0, 0.1) is 0 Å². The molecular formula is C21H23N3. The highest BCUT2D eigenvalue weighted by Gasteiger charge is 2.24. The average Bonchev–Trinajstić information content (AvgIpc) is 2.63. The number of anilines is 2. The molecule has 3 aromatic rings. The van der Waals surface area contributed by atoms with Crippen LogP contribution in [0.1, 0.15) is 37.1 Å². The quantitative estimate of drug-likeness (QED) is 0.720. The van der Waals surface area contributed by atoms with E-state index in [0.717, 1.165) is 5.82 Å². The number of hydrogen-bond acceptors (Lipinski definition) is 3. The molecule has 0 aliphatic carbocycles. The van der Waals surface area contributed by atoms with Crippen molar-refractivity contribution in [1.29, 1.82) is 0 Å². The van der Waals surface area contributed by atoms with Gasteiger partial charge in [0.05, 0.1) is 12.1 Å². The zero-order valence-corrected chi connectivity index (χ0v) is 14.1. The molecule has 0 aliphatic heterocycles. The molecule has 2 atom stereocenters. The number of pyridine rings is 1. The van der Waals surface area contributed by atoms with Gasteiger partial charge in [-0.3, -0.25) is 0 Å². The maximum absolute atomic E-state index is 5.94. The van der Waals surface area contributed by atoms with Crippen LogP contribution < -0.4 is 10.6 Å². The summed E-state index contributed by atoms with van der Waals surface area (Å²) in [5, 5.41) is 0. The molecule has 3 nitrogen and oxygen atoms in total. The van der Waals surface area contributed by atoms with E-state index >= 15 is 0 Å². The first-order valence-electron chi connectivity index (χ1n) is 8.27. The molecule has 0 saturated carbocycles. The third-order valence-corrected chi connectivity index (χ3v) is 4.42. The van der Waals surface area contributed by atoms with Crippen LogP contribution in [0.15, 0.2) is 78.9 Å². The highest BCUT2D eigenvalue weighted by molar-refractivity contribution is 5.49. The first kappa shape index (κ1) is 16.1. The molecule has 0 aliphatic rings. The van der Waals surface area contributed by atoms with Crippen LogP contribution in [0.25, 0.3) is 0 Å². The lowest BCUT2D eigenvalue weighted by Crippen LogP contribution is -2.30. The van der Waals surface area contributed by atoms with Crippen LogP contribution in [0.4, 0.5) is 11.6 Å². The summed E-state index contributed by atoms with van der Waals surface area (Å²) in [6.07, 6.45) is 0. The number of nitrogen functional groups attached to an aromatic ring is 1. The van der Waals surface area contributed by atoms with Crippen molar-refractivity contribution in [3.63, 3.8) is 0 Å². The summed E-state index contributed by atoms with van der Waals surface area (Å²) >= 11 is 0. The minimum Gasteiger partial charge on any atom is -0.384 e. The molecule has 2 N–H and O–H groups in total. The molecule has 0 saturated heterocycles. The van der Waals surface area contributed by atoms with Gasteiger partial charge >= 0.3 is 0 Å². The fraction of sp³-hybridized carbons (Fsp3) is 0.190. The zero-order valence-electron chi connectivity index (χ0n) is 14.1. The molecule has 0 unspecified atom stereocenters. The number of rotatable bonds is 5. The monoisotopic (exact) mass is 317 g/mol. The van der Waals surface area contributed by atoms with E-state index in [1.807, 2.05) is 30.3 Å².